The molecule has 1 heterocycles. The molecule has 2 N–H and O–H groups in total. The molecule has 0 fully saturated rings. The minimum absolute atomic E-state index is 0.615. The SMILES string of the molecule is CN=C(NCCOCc1ccccc1)NCc1ccccc1CN(C)Cc1ccco1. The van der Waals surface area contributed by atoms with E-state index >= 15 is 0 Å². The van der Waals surface area contributed by atoms with Crippen LogP contribution < -0.4 is 10.6 Å². The zero-order valence-electron chi connectivity index (χ0n) is 18.4. The van der Waals surface area contributed by atoms with Gasteiger partial charge in [-0.1, -0.05) is 54.6 Å². The molecule has 1 aromatic heterocycles. The number of nitrogens with one attached hydrogen (secondary N) is 2. The minimum Gasteiger partial charge on any atom is -0.468 e. The molecule has 0 aliphatic carbocycles. The molecule has 0 aliphatic rings. The Morgan fingerprint density at radius 1 is 0.935 bits per heavy atom. The molecule has 164 valence electrons. The Bertz CT molecular complexity index is 910. The molecule has 0 radical (unpaired) electrons. The summed E-state index contributed by atoms with van der Waals surface area (Å²) in [4.78, 5) is 6.56. The zero-order valence-corrected chi connectivity index (χ0v) is 18.4. The average molecular weight is 421 g/mol. The van der Waals surface area contributed by atoms with E-state index in [4.69, 9.17) is 9.15 Å². The summed E-state index contributed by atoms with van der Waals surface area (Å²) in [5.41, 5.74) is 3.71. The van der Waals surface area contributed by atoms with E-state index in [0.29, 0.717) is 26.3 Å². The molecule has 6 heteroatoms. The first-order valence-corrected chi connectivity index (χ1v) is 10.6. The molecule has 0 spiro atoms. The Kier molecular flexibility index (Phi) is 9.16. The molecule has 6 nitrogen and oxygen atoms in total. The summed E-state index contributed by atoms with van der Waals surface area (Å²) < 4.78 is 11.2. The third-order valence-corrected chi connectivity index (χ3v) is 4.88. The molecule has 0 amide bonds. The summed E-state index contributed by atoms with van der Waals surface area (Å²) in [5.74, 6) is 1.74. The van der Waals surface area contributed by atoms with Crippen molar-refractivity contribution in [1.82, 2.24) is 15.5 Å². The second-order valence-electron chi connectivity index (χ2n) is 7.41. The number of ether oxygens (including phenoxy) is 1. The van der Waals surface area contributed by atoms with E-state index in [2.05, 4.69) is 64.0 Å². The van der Waals surface area contributed by atoms with Gasteiger partial charge in [0.15, 0.2) is 5.96 Å². The summed E-state index contributed by atoms with van der Waals surface area (Å²) in [5, 5.41) is 6.71. The topological polar surface area (TPSA) is 62.0 Å². The summed E-state index contributed by atoms with van der Waals surface area (Å²) >= 11 is 0. The van der Waals surface area contributed by atoms with Crippen molar-refractivity contribution in [3.8, 4) is 0 Å². The normalized spacial score (nSPS) is 11.6. The Morgan fingerprint density at radius 3 is 2.45 bits per heavy atom. The second-order valence-corrected chi connectivity index (χ2v) is 7.41. The van der Waals surface area contributed by atoms with Crippen molar-refractivity contribution in [2.75, 3.05) is 27.2 Å². The minimum atomic E-state index is 0.615. The maximum Gasteiger partial charge on any atom is 0.191 e. The van der Waals surface area contributed by atoms with Gasteiger partial charge in [-0.05, 0) is 35.9 Å². The van der Waals surface area contributed by atoms with E-state index in [9.17, 15) is 0 Å². The molecule has 0 aliphatic heterocycles. The fourth-order valence-corrected chi connectivity index (χ4v) is 3.30. The fraction of sp³-hybridized carbons (Fsp3) is 0.320. The van der Waals surface area contributed by atoms with Crippen molar-refractivity contribution in [2.45, 2.75) is 26.2 Å². The number of guanidine groups is 1. The van der Waals surface area contributed by atoms with E-state index in [-0.39, 0.29) is 0 Å². The number of rotatable bonds is 11. The highest BCUT2D eigenvalue weighted by molar-refractivity contribution is 5.79. The van der Waals surface area contributed by atoms with Crippen LogP contribution in [0, 0.1) is 0 Å². The predicted molar refractivity (Wildman–Crippen MR) is 125 cm³/mol. The first kappa shape index (κ1) is 22.6. The Hall–Kier alpha value is -3.09. The predicted octanol–water partition coefficient (Wildman–Crippen LogP) is 3.79. The highest BCUT2D eigenvalue weighted by Crippen LogP contribution is 2.13. The first-order valence-electron chi connectivity index (χ1n) is 10.6. The van der Waals surface area contributed by atoms with Crippen LogP contribution in [0.4, 0.5) is 0 Å². The van der Waals surface area contributed by atoms with Gasteiger partial charge in [0.25, 0.3) is 0 Å². The first-order chi connectivity index (χ1) is 15.2. The lowest BCUT2D eigenvalue weighted by molar-refractivity contribution is 0.125. The van der Waals surface area contributed by atoms with Gasteiger partial charge in [-0.15, -0.1) is 0 Å². The lowest BCUT2D eigenvalue weighted by atomic mass is 10.1. The van der Waals surface area contributed by atoms with Crippen LogP contribution in [0.25, 0.3) is 0 Å². The maximum atomic E-state index is 5.72. The largest absolute Gasteiger partial charge is 0.468 e. The zero-order chi connectivity index (χ0) is 21.7. The van der Waals surface area contributed by atoms with Gasteiger partial charge >= 0.3 is 0 Å². The maximum absolute atomic E-state index is 5.72. The smallest absolute Gasteiger partial charge is 0.191 e. The van der Waals surface area contributed by atoms with Gasteiger partial charge in [0.05, 0.1) is 26.0 Å². The van der Waals surface area contributed by atoms with Crippen LogP contribution in [-0.2, 0) is 31.0 Å². The highest BCUT2D eigenvalue weighted by atomic mass is 16.5. The van der Waals surface area contributed by atoms with Crippen molar-refractivity contribution < 1.29 is 9.15 Å². The van der Waals surface area contributed by atoms with Crippen LogP contribution in [0.15, 0.2) is 82.4 Å². The Labute approximate surface area is 184 Å². The van der Waals surface area contributed by atoms with Crippen LogP contribution in [0.2, 0.25) is 0 Å². The van der Waals surface area contributed by atoms with Crippen LogP contribution in [-0.4, -0.2) is 38.1 Å². The standard InChI is InChI=1S/C25H32N4O2/c1-26-25(27-14-16-30-20-21-9-4-3-5-10-21)28-17-22-11-6-7-12-23(22)18-29(2)19-24-13-8-15-31-24/h3-13,15H,14,16-20H2,1-2H3,(H2,26,27,28). The van der Waals surface area contributed by atoms with E-state index < -0.39 is 0 Å². The van der Waals surface area contributed by atoms with Gasteiger partial charge in [-0.2, -0.15) is 0 Å². The van der Waals surface area contributed by atoms with Gasteiger partial charge in [-0.3, -0.25) is 9.89 Å². The number of furan rings is 1. The summed E-state index contributed by atoms with van der Waals surface area (Å²) in [6.45, 7) is 4.26. The summed E-state index contributed by atoms with van der Waals surface area (Å²) in [7, 11) is 3.88. The molecule has 3 rings (SSSR count). The highest BCUT2D eigenvalue weighted by Gasteiger charge is 2.08. The van der Waals surface area contributed by atoms with Crippen LogP contribution >= 0.6 is 0 Å². The molecule has 0 bridgehead atoms. The molecule has 0 saturated carbocycles. The van der Waals surface area contributed by atoms with Gasteiger partial charge in [0.2, 0.25) is 0 Å². The molecular weight excluding hydrogens is 388 g/mol. The van der Waals surface area contributed by atoms with E-state index in [0.717, 1.165) is 24.8 Å². The van der Waals surface area contributed by atoms with Gasteiger partial charge in [0.1, 0.15) is 5.76 Å². The van der Waals surface area contributed by atoms with Gasteiger partial charge in [0, 0.05) is 26.7 Å². The molecular formula is C25H32N4O2. The van der Waals surface area contributed by atoms with Crippen LogP contribution in [0.3, 0.4) is 0 Å². The van der Waals surface area contributed by atoms with Crippen molar-refractivity contribution in [3.05, 3.63) is 95.4 Å². The average Bonchev–Trinajstić information content (AvgIpc) is 3.30. The lowest BCUT2D eigenvalue weighted by Gasteiger charge is -2.19. The van der Waals surface area contributed by atoms with Crippen molar-refractivity contribution in [1.29, 1.82) is 0 Å². The van der Waals surface area contributed by atoms with Gasteiger partial charge < -0.3 is 19.8 Å². The van der Waals surface area contributed by atoms with Crippen LogP contribution in [0.5, 0.6) is 0 Å². The third-order valence-electron chi connectivity index (χ3n) is 4.88. The molecule has 0 saturated heterocycles. The van der Waals surface area contributed by atoms with E-state index in [1.165, 1.54) is 16.7 Å². The lowest BCUT2D eigenvalue weighted by Crippen LogP contribution is -2.38. The molecule has 0 unspecified atom stereocenters. The summed E-state index contributed by atoms with van der Waals surface area (Å²) in [6, 6.07) is 22.6. The van der Waals surface area contributed by atoms with Crippen LogP contribution in [0.1, 0.15) is 22.5 Å². The Morgan fingerprint density at radius 2 is 1.71 bits per heavy atom. The quantitative estimate of drug-likeness (QED) is 0.281. The van der Waals surface area contributed by atoms with Crippen molar-refractivity contribution >= 4 is 5.96 Å². The number of hydrogen-bond acceptors (Lipinski definition) is 4. The third kappa shape index (κ3) is 7.92. The number of aliphatic imine (C=N–C) groups is 1. The van der Waals surface area contributed by atoms with Crippen molar-refractivity contribution in [3.63, 3.8) is 0 Å². The van der Waals surface area contributed by atoms with E-state index in [1.807, 2.05) is 30.3 Å². The van der Waals surface area contributed by atoms with Gasteiger partial charge in [-0.25, -0.2) is 0 Å². The summed E-state index contributed by atoms with van der Waals surface area (Å²) in [6.07, 6.45) is 1.71. The second kappa shape index (κ2) is 12.6. The molecule has 0 atom stereocenters. The number of hydrogen-bond donors (Lipinski definition) is 2. The Balaban J connectivity index is 1.41. The van der Waals surface area contributed by atoms with Crippen molar-refractivity contribution in [2.24, 2.45) is 4.99 Å². The number of nitrogens with zero attached hydrogens (tertiary/aromatic N) is 2. The number of benzene rings is 2. The molecule has 31 heavy (non-hydrogen) atoms. The van der Waals surface area contributed by atoms with E-state index in [1.54, 1.807) is 13.3 Å². The molecule has 3 aromatic rings. The monoisotopic (exact) mass is 420 g/mol. The molecule has 2 aromatic carbocycles. The fourth-order valence-electron chi connectivity index (χ4n) is 3.30.